The fraction of sp³-hybridized carbons (Fsp3) is 0.500. The summed E-state index contributed by atoms with van der Waals surface area (Å²) < 4.78 is 24.6. The Kier molecular flexibility index (Phi) is 3.69. The van der Waals surface area contributed by atoms with Crippen molar-refractivity contribution in [1.29, 1.82) is 0 Å². The molecule has 0 amide bonds. The first-order valence-corrected chi connectivity index (χ1v) is 7.71. The van der Waals surface area contributed by atoms with Crippen LogP contribution in [0, 0.1) is 0 Å². The fourth-order valence-electron chi connectivity index (χ4n) is 2.09. The minimum absolute atomic E-state index is 0.623. The molecule has 0 bridgehead atoms. The van der Waals surface area contributed by atoms with Gasteiger partial charge in [0.1, 0.15) is 0 Å². The Bertz CT molecular complexity index is 462. The number of rotatable bonds is 4. The standard InChI is InChI=1S/C12H18N2O2S/c1-17(15,16)13-12-6-4-11(5-7-12)10-14-8-2-3-9-14/h4-7,13H,2-3,8-10H2,1H3. The Balaban J connectivity index is 1.97. The van der Waals surface area contributed by atoms with Crippen LogP contribution in [-0.2, 0) is 16.6 Å². The number of hydrogen-bond donors (Lipinski definition) is 1. The van der Waals surface area contributed by atoms with Crippen LogP contribution in [0.5, 0.6) is 0 Å². The average Bonchev–Trinajstić information content (AvgIpc) is 2.71. The van der Waals surface area contributed by atoms with Crippen LogP contribution in [0.4, 0.5) is 5.69 Å². The molecule has 4 nitrogen and oxygen atoms in total. The molecule has 1 heterocycles. The molecule has 1 aliphatic heterocycles. The minimum Gasteiger partial charge on any atom is -0.299 e. The molecule has 1 saturated heterocycles. The van der Waals surface area contributed by atoms with Crippen LogP contribution < -0.4 is 4.72 Å². The van der Waals surface area contributed by atoms with Gasteiger partial charge in [-0.2, -0.15) is 0 Å². The fourth-order valence-corrected chi connectivity index (χ4v) is 2.66. The van der Waals surface area contributed by atoms with Crippen LogP contribution in [-0.4, -0.2) is 32.7 Å². The lowest BCUT2D eigenvalue weighted by Gasteiger charge is -2.14. The van der Waals surface area contributed by atoms with Gasteiger partial charge in [-0.05, 0) is 43.6 Å². The third-order valence-corrected chi connectivity index (χ3v) is 3.47. The molecule has 0 spiro atoms. The summed E-state index contributed by atoms with van der Waals surface area (Å²) in [7, 11) is -3.17. The quantitative estimate of drug-likeness (QED) is 0.889. The Morgan fingerprint density at radius 3 is 2.29 bits per heavy atom. The highest BCUT2D eigenvalue weighted by atomic mass is 32.2. The van der Waals surface area contributed by atoms with Crippen molar-refractivity contribution in [3.63, 3.8) is 0 Å². The first-order valence-electron chi connectivity index (χ1n) is 5.82. The van der Waals surface area contributed by atoms with Crippen molar-refractivity contribution < 1.29 is 8.42 Å². The van der Waals surface area contributed by atoms with Crippen LogP contribution in [0.25, 0.3) is 0 Å². The van der Waals surface area contributed by atoms with E-state index in [2.05, 4.69) is 9.62 Å². The normalized spacial score (nSPS) is 17.2. The van der Waals surface area contributed by atoms with E-state index in [9.17, 15) is 8.42 Å². The lowest BCUT2D eigenvalue weighted by Crippen LogP contribution is -2.18. The van der Waals surface area contributed by atoms with Gasteiger partial charge >= 0.3 is 0 Å². The van der Waals surface area contributed by atoms with Crippen molar-refractivity contribution in [2.45, 2.75) is 19.4 Å². The number of anilines is 1. The lowest BCUT2D eigenvalue weighted by atomic mass is 10.2. The highest BCUT2D eigenvalue weighted by Gasteiger charge is 2.11. The van der Waals surface area contributed by atoms with Gasteiger partial charge in [-0.25, -0.2) is 8.42 Å². The molecule has 1 aromatic carbocycles. The molecule has 1 aliphatic rings. The summed E-state index contributed by atoms with van der Waals surface area (Å²) in [6.07, 6.45) is 3.73. The van der Waals surface area contributed by atoms with Gasteiger partial charge in [-0.3, -0.25) is 9.62 Å². The van der Waals surface area contributed by atoms with E-state index in [0.717, 1.165) is 12.8 Å². The van der Waals surface area contributed by atoms with Gasteiger partial charge in [0, 0.05) is 12.2 Å². The monoisotopic (exact) mass is 254 g/mol. The zero-order valence-corrected chi connectivity index (χ0v) is 10.8. The van der Waals surface area contributed by atoms with Crippen molar-refractivity contribution in [2.75, 3.05) is 24.1 Å². The predicted molar refractivity (Wildman–Crippen MR) is 69.4 cm³/mol. The molecule has 17 heavy (non-hydrogen) atoms. The van der Waals surface area contributed by atoms with E-state index in [1.165, 1.54) is 31.5 Å². The van der Waals surface area contributed by atoms with Gasteiger partial charge < -0.3 is 0 Å². The molecular weight excluding hydrogens is 236 g/mol. The van der Waals surface area contributed by atoms with Gasteiger partial charge in [-0.1, -0.05) is 12.1 Å². The average molecular weight is 254 g/mol. The minimum atomic E-state index is -3.17. The number of benzene rings is 1. The van der Waals surface area contributed by atoms with E-state index in [0.29, 0.717) is 5.69 Å². The predicted octanol–water partition coefficient (Wildman–Crippen LogP) is 1.65. The second-order valence-corrected chi connectivity index (χ2v) is 6.30. The molecular formula is C12H18N2O2S. The molecule has 94 valence electrons. The van der Waals surface area contributed by atoms with E-state index in [1.807, 2.05) is 24.3 Å². The van der Waals surface area contributed by atoms with Crippen molar-refractivity contribution in [1.82, 2.24) is 4.90 Å². The van der Waals surface area contributed by atoms with Crippen LogP contribution in [0.15, 0.2) is 24.3 Å². The topological polar surface area (TPSA) is 49.4 Å². The van der Waals surface area contributed by atoms with E-state index in [-0.39, 0.29) is 0 Å². The Morgan fingerprint density at radius 1 is 1.18 bits per heavy atom. The van der Waals surface area contributed by atoms with Crippen LogP contribution in [0.2, 0.25) is 0 Å². The number of hydrogen-bond acceptors (Lipinski definition) is 3. The van der Waals surface area contributed by atoms with Crippen LogP contribution in [0.3, 0.4) is 0 Å². The van der Waals surface area contributed by atoms with Gasteiger partial charge in [0.15, 0.2) is 0 Å². The van der Waals surface area contributed by atoms with E-state index >= 15 is 0 Å². The molecule has 5 heteroatoms. The van der Waals surface area contributed by atoms with E-state index in [1.54, 1.807) is 0 Å². The molecule has 0 aliphatic carbocycles. The molecule has 1 N–H and O–H groups in total. The molecule has 1 fully saturated rings. The molecule has 0 aromatic heterocycles. The molecule has 1 aromatic rings. The van der Waals surface area contributed by atoms with Crippen LogP contribution >= 0.6 is 0 Å². The van der Waals surface area contributed by atoms with Crippen molar-refractivity contribution in [3.8, 4) is 0 Å². The molecule has 2 rings (SSSR count). The van der Waals surface area contributed by atoms with Gasteiger partial charge in [0.05, 0.1) is 6.26 Å². The summed E-state index contributed by atoms with van der Waals surface area (Å²) in [6.45, 7) is 3.30. The van der Waals surface area contributed by atoms with E-state index < -0.39 is 10.0 Å². The van der Waals surface area contributed by atoms with Crippen LogP contribution in [0.1, 0.15) is 18.4 Å². The van der Waals surface area contributed by atoms with Gasteiger partial charge in [-0.15, -0.1) is 0 Å². The Labute approximate surface area is 103 Å². The summed E-state index contributed by atoms with van der Waals surface area (Å²) in [5.41, 5.74) is 1.85. The zero-order valence-electron chi connectivity index (χ0n) is 10.0. The number of likely N-dealkylation sites (tertiary alicyclic amines) is 1. The molecule has 0 atom stereocenters. The maximum Gasteiger partial charge on any atom is 0.229 e. The van der Waals surface area contributed by atoms with Crippen molar-refractivity contribution in [2.24, 2.45) is 0 Å². The highest BCUT2D eigenvalue weighted by molar-refractivity contribution is 7.92. The highest BCUT2D eigenvalue weighted by Crippen LogP contribution is 2.15. The third-order valence-electron chi connectivity index (χ3n) is 2.86. The summed E-state index contributed by atoms with van der Waals surface area (Å²) in [6, 6.07) is 7.58. The summed E-state index contributed by atoms with van der Waals surface area (Å²) in [4.78, 5) is 2.42. The summed E-state index contributed by atoms with van der Waals surface area (Å²) in [5.74, 6) is 0. The summed E-state index contributed by atoms with van der Waals surface area (Å²) >= 11 is 0. The maximum absolute atomic E-state index is 11.0. The van der Waals surface area contributed by atoms with Gasteiger partial charge in [0.25, 0.3) is 0 Å². The third kappa shape index (κ3) is 4.02. The zero-order chi connectivity index (χ0) is 12.3. The first-order chi connectivity index (χ1) is 8.03. The largest absolute Gasteiger partial charge is 0.299 e. The lowest BCUT2D eigenvalue weighted by molar-refractivity contribution is 0.331. The molecule has 0 saturated carbocycles. The Hall–Kier alpha value is -1.07. The summed E-state index contributed by atoms with van der Waals surface area (Å²) in [5, 5.41) is 0. The molecule has 0 radical (unpaired) electrons. The number of nitrogens with one attached hydrogen (secondary N) is 1. The van der Waals surface area contributed by atoms with Crippen molar-refractivity contribution in [3.05, 3.63) is 29.8 Å². The smallest absolute Gasteiger partial charge is 0.229 e. The molecule has 0 unspecified atom stereocenters. The van der Waals surface area contributed by atoms with E-state index in [4.69, 9.17) is 0 Å². The maximum atomic E-state index is 11.0. The van der Waals surface area contributed by atoms with Crippen molar-refractivity contribution >= 4 is 15.7 Å². The SMILES string of the molecule is CS(=O)(=O)Nc1ccc(CN2CCCC2)cc1. The second kappa shape index (κ2) is 5.06. The first kappa shape index (κ1) is 12.4. The second-order valence-electron chi connectivity index (χ2n) is 4.55. The number of nitrogens with zero attached hydrogens (tertiary/aromatic N) is 1. The Morgan fingerprint density at radius 2 is 1.76 bits per heavy atom. The van der Waals surface area contributed by atoms with Gasteiger partial charge in [0.2, 0.25) is 10.0 Å². The number of sulfonamides is 1.